The van der Waals surface area contributed by atoms with E-state index in [9.17, 15) is 4.79 Å². The second kappa shape index (κ2) is 9.59. The molecule has 0 atom stereocenters. The maximum atomic E-state index is 10.3. The van der Waals surface area contributed by atoms with E-state index in [4.69, 9.17) is 5.11 Å². The summed E-state index contributed by atoms with van der Waals surface area (Å²) in [5, 5.41) is 8.51. The third kappa shape index (κ3) is 8.41. The van der Waals surface area contributed by atoms with Gasteiger partial charge in [-0.25, -0.2) is 9.13 Å². The highest BCUT2D eigenvalue weighted by Crippen LogP contribution is 2.09. The Labute approximate surface area is 116 Å². The molecule has 1 rings (SSSR count). The topological polar surface area (TPSA) is 46.1 Å². The minimum Gasteiger partial charge on any atom is -0.481 e. The maximum absolute atomic E-state index is 10.3. The predicted molar refractivity (Wildman–Crippen MR) is 74.8 cm³/mol. The fraction of sp³-hybridized carbons (Fsp3) is 0.733. The molecule has 4 heteroatoms. The van der Waals surface area contributed by atoms with Gasteiger partial charge in [0.05, 0.1) is 13.6 Å². The number of hydrogen-bond donors (Lipinski definition) is 1. The van der Waals surface area contributed by atoms with Crippen LogP contribution in [0.25, 0.3) is 0 Å². The molecule has 0 aliphatic carbocycles. The highest BCUT2D eigenvalue weighted by molar-refractivity contribution is 5.66. The molecule has 0 unspecified atom stereocenters. The molecule has 1 heterocycles. The van der Waals surface area contributed by atoms with Crippen LogP contribution in [0.15, 0.2) is 18.7 Å². The molecule has 1 aromatic rings. The Morgan fingerprint density at radius 1 is 1.05 bits per heavy atom. The Bertz CT molecular complexity index is 361. The molecular formula is C15H27N2O2+. The number of carboxylic acids is 1. The molecule has 0 radical (unpaired) electrons. The summed E-state index contributed by atoms with van der Waals surface area (Å²) in [6.07, 6.45) is 16.1. The maximum Gasteiger partial charge on any atom is 0.303 e. The number of carboxylic acid groups (broad SMARTS) is 1. The Morgan fingerprint density at radius 2 is 1.63 bits per heavy atom. The van der Waals surface area contributed by atoms with Gasteiger partial charge in [0.1, 0.15) is 12.4 Å². The van der Waals surface area contributed by atoms with Gasteiger partial charge in [-0.2, -0.15) is 0 Å². The molecule has 0 bridgehead atoms. The summed E-state index contributed by atoms with van der Waals surface area (Å²) in [4.78, 5) is 10.3. The largest absolute Gasteiger partial charge is 0.481 e. The first-order valence-electron chi connectivity index (χ1n) is 7.41. The Balaban J connectivity index is 1.82. The van der Waals surface area contributed by atoms with Crippen LogP contribution in [-0.2, 0) is 18.4 Å². The number of aryl methyl sites for hydroxylation is 2. The third-order valence-electron chi connectivity index (χ3n) is 3.38. The standard InChI is InChI=1S/C15H26N2O2/c1-16-12-13-17(14-16)11-9-7-5-3-2-4-6-8-10-15(18)19/h12-14H,2-11H2,1H3/p+1. The van der Waals surface area contributed by atoms with E-state index in [1.807, 2.05) is 7.05 Å². The van der Waals surface area contributed by atoms with Gasteiger partial charge in [0, 0.05) is 6.42 Å². The van der Waals surface area contributed by atoms with Gasteiger partial charge in [-0.15, -0.1) is 0 Å². The van der Waals surface area contributed by atoms with Gasteiger partial charge in [-0.05, 0) is 19.3 Å². The van der Waals surface area contributed by atoms with Crippen molar-refractivity contribution in [3.63, 3.8) is 0 Å². The normalized spacial score (nSPS) is 10.8. The van der Waals surface area contributed by atoms with E-state index < -0.39 is 5.97 Å². The molecule has 0 spiro atoms. The lowest BCUT2D eigenvalue weighted by Crippen LogP contribution is -2.30. The molecule has 0 amide bonds. The van der Waals surface area contributed by atoms with Crippen molar-refractivity contribution in [3.8, 4) is 0 Å². The molecular weight excluding hydrogens is 240 g/mol. The number of imidazole rings is 1. The van der Waals surface area contributed by atoms with Gasteiger partial charge in [0.15, 0.2) is 0 Å². The quantitative estimate of drug-likeness (QED) is 0.495. The van der Waals surface area contributed by atoms with E-state index in [-0.39, 0.29) is 0 Å². The van der Waals surface area contributed by atoms with E-state index in [1.54, 1.807) is 0 Å². The van der Waals surface area contributed by atoms with Crippen LogP contribution in [-0.4, -0.2) is 15.6 Å². The fourth-order valence-electron chi connectivity index (χ4n) is 2.27. The van der Waals surface area contributed by atoms with Crippen molar-refractivity contribution in [1.29, 1.82) is 0 Å². The molecule has 19 heavy (non-hydrogen) atoms. The minimum absolute atomic E-state index is 0.328. The van der Waals surface area contributed by atoms with Crippen molar-refractivity contribution in [1.82, 2.24) is 4.57 Å². The molecule has 0 aromatic carbocycles. The lowest BCUT2D eigenvalue weighted by atomic mass is 10.1. The fourth-order valence-corrected chi connectivity index (χ4v) is 2.27. The number of aromatic nitrogens is 2. The number of carbonyl (C=O) groups is 1. The Hall–Kier alpha value is -1.32. The first-order valence-corrected chi connectivity index (χ1v) is 7.41. The zero-order chi connectivity index (χ0) is 13.9. The van der Waals surface area contributed by atoms with Crippen molar-refractivity contribution < 1.29 is 14.5 Å². The van der Waals surface area contributed by atoms with Crippen molar-refractivity contribution in [2.24, 2.45) is 7.05 Å². The molecule has 0 fully saturated rings. The lowest BCUT2D eigenvalue weighted by molar-refractivity contribution is -0.696. The summed E-state index contributed by atoms with van der Waals surface area (Å²) in [6.45, 7) is 1.11. The summed E-state index contributed by atoms with van der Waals surface area (Å²) < 4.78 is 4.29. The second-order valence-corrected chi connectivity index (χ2v) is 5.29. The van der Waals surface area contributed by atoms with Crippen LogP contribution in [0.1, 0.15) is 57.8 Å². The molecule has 0 aliphatic rings. The van der Waals surface area contributed by atoms with Gasteiger partial charge in [0.2, 0.25) is 6.33 Å². The van der Waals surface area contributed by atoms with Crippen LogP contribution < -0.4 is 4.57 Å². The van der Waals surface area contributed by atoms with Crippen LogP contribution in [0.2, 0.25) is 0 Å². The molecule has 0 aliphatic heterocycles. The Morgan fingerprint density at radius 3 is 2.16 bits per heavy atom. The number of hydrogen-bond acceptors (Lipinski definition) is 1. The van der Waals surface area contributed by atoms with Gasteiger partial charge in [-0.3, -0.25) is 4.79 Å². The van der Waals surface area contributed by atoms with E-state index in [0.717, 1.165) is 19.4 Å². The summed E-state index contributed by atoms with van der Waals surface area (Å²) in [7, 11) is 2.04. The highest BCUT2D eigenvalue weighted by atomic mass is 16.4. The van der Waals surface area contributed by atoms with E-state index >= 15 is 0 Å². The van der Waals surface area contributed by atoms with Crippen LogP contribution in [0.5, 0.6) is 0 Å². The van der Waals surface area contributed by atoms with Crippen LogP contribution in [0.4, 0.5) is 0 Å². The summed E-state index contributed by atoms with van der Waals surface area (Å²) in [5.41, 5.74) is 0. The average Bonchev–Trinajstić information content (AvgIpc) is 2.77. The first-order chi connectivity index (χ1) is 9.18. The zero-order valence-corrected chi connectivity index (χ0v) is 12.1. The van der Waals surface area contributed by atoms with Crippen molar-refractivity contribution >= 4 is 5.97 Å². The molecule has 1 aromatic heterocycles. The van der Waals surface area contributed by atoms with Crippen molar-refractivity contribution in [3.05, 3.63) is 18.7 Å². The number of rotatable bonds is 11. The van der Waals surface area contributed by atoms with E-state index in [2.05, 4.69) is 27.9 Å². The third-order valence-corrected chi connectivity index (χ3v) is 3.38. The van der Waals surface area contributed by atoms with Gasteiger partial charge in [0.25, 0.3) is 0 Å². The number of unbranched alkanes of at least 4 members (excludes halogenated alkanes) is 7. The van der Waals surface area contributed by atoms with Crippen molar-refractivity contribution in [2.75, 3.05) is 0 Å². The van der Waals surface area contributed by atoms with Gasteiger partial charge >= 0.3 is 5.97 Å². The molecule has 108 valence electrons. The van der Waals surface area contributed by atoms with Crippen LogP contribution in [0, 0.1) is 0 Å². The minimum atomic E-state index is -0.668. The Kier molecular flexibility index (Phi) is 7.94. The summed E-state index contributed by atoms with van der Waals surface area (Å²) in [6, 6.07) is 0. The summed E-state index contributed by atoms with van der Waals surface area (Å²) in [5.74, 6) is -0.668. The zero-order valence-electron chi connectivity index (χ0n) is 12.1. The van der Waals surface area contributed by atoms with E-state index in [0.29, 0.717) is 6.42 Å². The van der Waals surface area contributed by atoms with Gasteiger partial charge in [-0.1, -0.05) is 32.1 Å². The van der Waals surface area contributed by atoms with Crippen LogP contribution in [0.3, 0.4) is 0 Å². The SMILES string of the molecule is Cn1cc[n+](CCCCCCCCCCC(=O)O)c1. The first kappa shape index (κ1) is 15.7. The van der Waals surface area contributed by atoms with Crippen molar-refractivity contribution in [2.45, 2.75) is 64.3 Å². The molecule has 0 saturated carbocycles. The monoisotopic (exact) mass is 267 g/mol. The second-order valence-electron chi connectivity index (χ2n) is 5.29. The number of aliphatic carboxylic acids is 1. The van der Waals surface area contributed by atoms with Crippen LogP contribution >= 0.6 is 0 Å². The molecule has 0 saturated heterocycles. The highest BCUT2D eigenvalue weighted by Gasteiger charge is 1.99. The molecule has 4 nitrogen and oxygen atoms in total. The number of nitrogens with zero attached hydrogens (tertiary/aromatic N) is 2. The lowest BCUT2D eigenvalue weighted by Gasteiger charge is -2.01. The predicted octanol–water partition coefficient (Wildman–Crippen LogP) is 2.91. The summed E-state index contributed by atoms with van der Waals surface area (Å²) >= 11 is 0. The molecule has 1 N–H and O–H groups in total. The van der Waals surface area contributed by atoms with E-state index in [1.165, 1.54) is 38.5 Å². The smallest absolute Gasteiger partial charge is 0.303 e. The average molecular weight is 267 g/mol. The van der Waals surface area contributed by atoms with Gasteiger partial charge < -0.3 is 5.11 Å².